The lowest BCUT2D eigenvalue weighted by Crippen LogP contribution is -2.44. The molecule has 2 aliphatic heterocycles. The predicted molar refractivity (Wildman–Crippen MR) is 137 cm³/mol. The topological polar surface area (TPSA) is 53.0 Å². The summed E-state index contributed by atoms with van der Waals surface area (Å²) >= 11 is 0. The van der Waals surface area contributed by atoms with Gasteiger partial charge in [-0.05, 0) is 86.5 Å². The first kappa shape index (κ1) is 25.6. The summed E-state index contributed by atoms with van der Waals surface area (Å²) in [7, 11) is 0. The van der Waals surface area contributed by atoms with Crippen molar-refractivity contribution in [2.75, 3.05) is 39.3 Å². The molecule has 0 saturated carbocycles. The Morgan fingerprint density at radius 2 is 1.57 bits per heavy atom. The molecule has 2 heterocycles. The predicted octanol–water partition coefficient (Wildman–Crippen LogP) is 5.18. The number of likely N-dealkylation sites (tertiary alicyclic amines) is 2. The van der Waals surface area contributed by atoms with Gasteiger partial charge in [-0.2, -0.15) is 0 Å². The number of aliphatic hydroxyl groups excluding tert-OH is 1. The van der Waals surface area contributed by atoms with E-state index >= 15 is 0 Å². The molecule has 2 aliphatic rings. The second kappa shape index (κ2) is 11.5. The van der Waals surface area contributed by atoms with Crippen LogP contribution in [0.2, 0.25) is 0 Å². The van der Waals surface area contributed by atoms with Crippen molar-refractivity contribution in [2.24, 2.45) is 5.92 Å². The molecule has 0 aromatic heterocycles. The average molecular weight is 483 g/mol. The summed E-state index contributed by atoms with van der Waals surface area (Å²) in [6.45, 7) is 8.02. The Balaban J connectivity index is 1.24. The normalized spacial score (nSPS) is 19.8. The third-order valence-corrected chi connectivity index (χ3v) is 7.74. The van der Waals surface area contributed by atoms with Gasteiger partial charge < -0.3 is 19.6 Å². The summed E-state index contributed by atoms with van der Waals surface area (Å²) in [5, 5.41) is 9.67. The third-order valence-electron chi connectivity index (χ3n) is 7.74. The van der Waals surface area contributed by atoms with E-state index < -0.39 is 11.8 Å². The molecule has 190 valence electrons. The maximum atomic E-state index is 14.7. The highest BCUT2D eigenvalue weighted by Crippen LogP contribution is 2.27. The monoisotopic (exact) mass is 482 g/mol. The van der Waals surface area contributed by atoms with Crippen LogP contribution in [0.15, 0.2) is 48.5 Å². The van der Waals surface area contributed by atoms with E-state index in [-0.39, 0.29) is 5.91 Å². The van der Waals surface area contributed by atoms with E-state index in [9.17, 15) is 14.3 Å². The van der Waals surface area contributed by atoms with Crippen molar-refractivity contribution in [3.8, 4) is 16.9 Å². The highest BCUT2D eigenvalue weighted by atomic mass is 19.1. The van der Waals surface area contributed by atoms with E-state index in [0.29, 0.717) is 57.0 Å². The number of carbonyl (C=O) groups excluding carboxylic acids is 1. The van der Waals surface area contributed by atoms with Crippen LogP contribution in [0.5, 0.6) is 5.75 Å². The van der Waals surface area contributed by atoms with Gasteiger partial charge in [-0.15, -0.1) is 0 Å². The molecule has 4 rings (SSSR count). The number of halogens is 1. The van der Waals surface area contributed by atoms with E-state index in [1.807, 2.05) is 62.4 Å². The SMILES string of the molecule is CCC(F)(CC)CN1CCC(COc2ccc(-c3ccc(C(=O)N4CCC(O)C4)cc3)cc2)CC1. The summed E-state index contributed by atoms with van der Waals surface area (Å²) in [4.78, 5) is 16.6. The Hall–Kier alpha value is -2.44. The molecule has 0 radical (unpaired) electrons. The van der Waals surface area contributed by atoms with Gasteiger partial charge in [0.15, 0.2) is 0 Å². The zero-order valence-electron chi connectivity index (χ0n) is 21.1. The van der Waals surface area contributed by atoms with Crippen molar-refractivity contribution in [1.29, 1.82) is 0 Å². The second-order valence-electron chi connectivity index (χ2n) is 10.2. The Morgan fingerprint density at radius 1 is 0.971 bits per heavy atom. The number of piperidine rings is 1. The largest absolute Gasteiger partial charge is 0.493 e. The maximum absolute atomic E-state index is 14.7. The van der Waals surface area contributed by atoms with E-state index in [1.54, 1.807) is 4.90 Å². The maximum Gasteiger partial charge on any atom is 0.253 e. The summed E-state index contributed by atoms with van der Waals surface area (Å²) < 4.78 is 20.8. The quantitative estimate of drug-likeness (QED) is 0.535. The molecule has 0 aliphatic carbocycles. The van der Waals surface area contributed by atoms with E-state index in [4.69, 9.17) is 4.74 Å². The number of benzene rings is 2. The molecule has 6 heteroatoms. The number of hydrogen-bond acceptors (Lipinski definition) is 4. The number of hydrogen-bond donors (Lipinski definition) is 1. The minimum Gasteiger partial charge on any atom is -0.493 e. The van der Waals surface area contributed by atoms with Crippen LogP contribution in [0.3, 0.4) is 0 Å². The molecule has 35 heavy (non-hydrogen) atoms. The van der Waals surface area contributed by atoms with Crippen molar-refractivity contribution >= 4 is 5.91 Å². The molecule has 0 spiro atoms. The second-order valence-corrected chi connectivity index (χ2v) is 10.2. The van der Waals surface area contributed by atoms with Gasteiger partial charge in [0, 0.05) is 25.2 Å². The smallest absolute Gasteiger partial charge is 0.253 e. The van der Waals surface area contributed by atoms with E-state index in [2.05, 4.69) is 4.90 Å². The molecule has 5 nitrogen and oxygen atoms in total. The highest BCUT2D eigenvalue weighted by Gasteiger charge is 2.30. The van der Waals surface area contributed by atoms with Crippen LogP contribution in [-0.4, -0.2) is 71.9 Å². The lowest BCUT2D eigenvalue weighted by atomic mass is 9.94. The first-order chi connectivity index (χ1) is 16.9. The molecule has 1 unspecified atom stereocenters. The lowest BCUT2D eigenvalue weighted by molar-refractivity contribution is 0.0568. The van der Waals surface area contributed by atoms with Gasteiger partial charge in [-0.1, -0.05) is 38.1 Å². The van der Waals surface area contributed by atoms with Crippen LogP contribution in [0.1, 0.15) is 56.3 Å². The van der Waals surface area contributed by atoms with Crippen molar-refractivity contribution in [2.45, 2.75) is 57.7 Å². The zero-order chi connectivity index (χ0) is 24.8. The molecular formula is C29H39FN2O3. The number of alkyl halides is 1. The number of nitrogens with zero attached hydrogens (tertiary/aromatic N) is 2. The molecule has 1 amide bonds. The molecule has 2 saturated heterocycles. The van der Waals surface area contributed by atoms with Gasteiger partial charge in [0.1, 0.15) is 11.4 Å². The number of aliphatic hydroxyl groups is 1. The highest BCUT2D eigenvalue weighted by molar-refractivity contribution is 5.95. The minimum absolute atomic E-state index is 0.0255. The Bertz CT molecular complexity index is 951. The standard InChI is InChI=1S/C29H39FN2O3/c1-3-29(30,4-2)21-31-16-13-22(14-17-31)20-35-27-11-9-24(10-12-27)23-5-7-25(8-6-23)28(34)32-18-15-26(33)19-32/h5-12,22,26,33H,3-4,13-21H2,1-2H3. The van der Waals surface area contributed by atoms with Gasteiger partial charge in [-0.25, -0.2) is 4.39 Å². The Labute approximate surface area is 208 Å². The number of ether oxygens (including phenoxy) is 1. The number of β-amino-alcohol motifs (C(OH)–C–C–N with tert-alkyl or cyclic N) is 1. The zero-order valence-corrected chi connectivity index (χ0v) is 21.1. The number of amides is 1. The summed E-state index contributed by atoms with van der Waals surface area (Å²) in [5.41, 5.74) is 1.71. The summed E-state index contributed by atoms with van der Waals surface area (Å²) in [6, 6.07) is 15.7. The van der Waals surface area contributed by atoms with Crippen molar-refractivity contribution < 1.29 is 19.0 Å². The molecule has 1 N–H and O–H groups in total. The van der Waals surface area contributed by atoms with E-state index in [1.165, 1.54) is 0 Å². The Morgan fingerprint density at radius 3 is 2.11 bits per heavy atom. The first-order valence-corrected chi connectivity index (χ1v) is 13.1. The van der Waals surface area contributed by atoms with Crippen LogP contribution in [0.4, 0.5) is 4.39 Å². The van der Waals surface area contributed by atoms with Crippen LogP contribution in [0, 0.1) is 5.92 Å². The fourth-order valence-corrected chi connectivity index (χ4v) is 5.06. The van der Waals surface area contributed by atoms with E-state index in [0.717, 1.165) is 42.8 Å². The fourth-order valence-electron chi connectivity index (χ4n) is 5.06. The fraction of sp³-hybridized carbons (Fsp3) is 0.552. The van der Waals surface area contributed by atoms with Gasteiger partial charge in [0.25, 0.3) is 5.91 Å². The van der Waals surface area contributed by atoms with Gasteiger partial charge >= 0.3 is 0 Å². The van der Waals surface area contributed by atoms with Crippen molar-refractivity contribution in [3.05, 3.63) is 54.1 Å². The minimum atomic E-state index is -1.06. The lowest BCUT2D eigenvalue weighted by Gasteiger charge is -2.36. The molecule has 1 atom stereocenters. The number of carbonyl (C=O) groups is 1. The van der Waals surface area contributed by atoms with Crippen LogP contribution in [0.25, 0.3) is 11.1 Å². The summed E-state index contributed by atoms with van der Waals surface area (Å²) in [6.07, 6.45) is 3.49. The van der Waals surface area contributed by atoms with Crippen molar-refractivity contribution in [1.82, 2.24) is 9.80 Å². The van der Waals surface area contributed by atoms with Crippen LogP contribution >= 0.6 is 0 Å². The van der Waals surface area contributed by atoms with Crippen molar-refractivity contribution in [3.63, 3.8) is 0 Å². The van der Waals surface area contributed by atoms with Gasteiger partial charge in [-0.3, -0.25) is 4.79 Å². The van der Waals surface area contributed by atoms with Gasteiger partial charge in [0.2, 0.25) is 0 Å². The summed E-state index contributed by atoms with van der Waals surface area (Å²) in [5.74, 6) is 1.34. The van der Waals surface area contributed by atoms with Gasteiger partial charge in [0.05, 0.1) is 12.7 Å². The van der Waals surface area contributed by atoms with Crippen LogP contribution < -0.4 is 4.74 Å². The molecule has 0 bridgehead atoms. The van der Waals surface area contributed by atoms with Crippen LogP contribution in [-0.2, 0) is 0 Å². The molecular weight excluding hydrogens is 443 g/mol. The molecule has 2 aromatic rings. The molecule has 2 fully saturated rings. The third kappa shape index (κ3) is 6.62. The average Bonchev–Trinajstić information content (AvgIpc) is 3.34. The Kier molecular flexibility index (Phi) is 8.45. The first-order valence-electron chi connectivity index (χ1n) is 13.1. The number of rotatable bonds is 9. The molecule has 2 aromatic carbocycles.